The summed E-state index contributed by atoms with van der Waals surface area (Å²) in [5.41, 5.74) is 4.07. The number of sulfonamides is 1. The molecule has 0 spiro atoms. The molecular formula is C23H32N4O3S. The number of aryl methyl sites for hydroxylation is 2. The Bertz CT molecular complexity index is 1030. The van der Waals surface area contributed by atoms with Gasteiger partial charge in [0.25, 0.3) is 0 Å². The lowest BCUT2D eigenvalue weighted by Crippen LogP contribution is -2.45. The Morgan fingerprint density at radius 3 is 2.39 bits per heavy atom. The maximum Gasteiger partial charge on any atom is 0.243 e. The summed E-state index contributed by atoms with van der Waals surface area (Å²) in [6, 6.07) is 13.0. The van der Waals surface area contributed by atoms with Crippen molar-refractivity contribution in [3.8, 4) is 0 Å². The molecule has 2 aromatic carbocycles. The molecule has 8 heteroatoms. The van der Waals surface area contributed by atoms with E-state index in [1.807, 2.05) is 32.0 Å². The molecule has 1 fully saturated rings. The number of likely N-dealkylation sites (N-methyl/N-ethyl adjacent to an activating group) is 2. The van der Waals surface area contributed by atoms with Crippen molar-refractivity contribution in [1.29, 1.82) is 0 Å². The predicted octanol–water partition coefficient (Wildman–Crippen LogP) is 1.99. The van der Waals surface area contributed by atoms with Crippen molar-refractivity contribution in [2.24, 2.45) is 0 Å². The van der Waals surface area contributed by atoms with Crippen LogP contribution in [-0.2, 0) is 21.4 Å². The van der Waals surface area contributed by atoms with Crippen LogP contribution in [-0.4, -0.2) is 70.3 Å². The molecule has 3 rings (SSSR count). The number of piperazine rings is 1. The zero-order chi connectivity index (χ0) is 22.6. The van der Waals surface area contributed by atoms with Gasteiger partial charge in [0.1, 0.15) is 0 Å². The van der Waals surface area contributed by atoms with Crippen molar-refractivity contribution in [3.05, 3.63) is 59.2 Å². The molecular weight excluding hydrogens is 412 g/mol. The average Bonchev–Trinajstić information content (AvgIpc) is 2.75. The van der Waals surface area contributed by atoms with E-state index in [0.29, 0.717) is 6.54 Å². The summed E-state index contributed by atoms with van der Waals surface area (Å²) in [7, 11) is -0.177. The standard InChI is InChI=1S/C23H32N4O3S/c1-18-9-10-21(15-19(18)2)31(29,30)26(4)17-23(28)24-16-20-7-5-6-8-22(20)27-13-11-25(3)12-14-27/h5-10,15H,11-14,16-17H2,1-4H3,(H,24,28). The highest BCUT2D eigenvalue weighted by molar-refractivity contribution is 7.89. The van der Waals surface area contributed by atoms with Gasteiger partial charge in [-0.1, -0.05) is 24.3 Å². The maximum atomic E-state index is 12.8. The highest BCUT2D eigenvalue weighted by Gasteiger charge is 2.23. The lowest BCUT2D eigenvalue weighted by molar-refractivity contribution is -0.121. The molecule has 31 heavy (non-hydrogen) atoms. The molecule has 0 radical (unpaired) electrons. The molecule has 0 aromatic heterocycles. The van der Waals surface area contributed by atoms with Crippen molar-refractivity contribution < 1.29 is 13.2 Å². The Morgan fingerprint density at radius 1 is 1.03 bits per heavy atom. The van der Waals surface area contributed by atoms with E-state index >= 15 is 0 Å². The van der Waals surface area contributed by atoms with E-state index in [-0.39, 0.29) is 17.3 Å². The van der Waals surface area contributed by atoms with Gasteiger partial charge in [0, 0.05) is 45.5 Å². The van der Waals surface area contributed by atoms with Crippen LogP contribution in [0.4, 0.5) is 5.69 Å². The number of hydrogen-bond acceptors (Lipinski definition) is 5. The van der Waals surface area contributed by atoms with Gasteiger partial charge in [-0.25, -0.2) is 8.42 Å². The fourth-order valence-electron chi connectivity index (χ4n) is 3.61. The Morgan fingerprint density at radius 2 is 1.71 bits per heavy atom. The number of rotatable bonds is 7. The number of hydrogen-bond donors (Lipinski definition) is 1. The van der Waals surface area contributed by atoms with Crippen molar-refractivity contribution in [2.75, 3.05) is 51.7 Å². The highest BCUT2D eigenvalue weighted by atomic mass is 32.2. The quantitative estimate of drug-likeness (QED) is 0.707. The molecule has 0 bridgehead atoms. The van der Waals surface area contributed by atoms with Crippen LogP contribution >= 0.6 is 0 Å². The monoisotopic (exact) mass is 444 g/mol. The summed E-state index contributed by atoms with van der Waals surface area (Å²) >= 11 is 0. The second-order valence-electron chi connectivity index (χ2n) is 8.20. The van der Waals surface area contributed by atoms with Crippen molar-refractivity contribution >= 4 is 21.6 Å². The third kappa shape index (κ3) is 5.64. The molecule has 7 nitrogen and oxygen atoms in total. The molecule has 0 atom stereocenters. The molecule has 0 aliphatic carbocycles. The third-order valence-electron chi connectivity index (χ3n) is 5.86. The van der Waals surface area contributed by atoms with E-state index in [2.05, 4.69) is 28.2 Å². The van der Waals surface area contributed by atoms with Crippen LogP contribution < -0.4 is 10.2 Å². The van der Waals surface area contributed by atoms with Crippen molar-refractivity contribution in [1.82, 2.24) is 14.5 Å². The van der Waals surface area contributed by atoms with E-state index in [1.54, 1.807) is 18.2 Å². The van der Waals surface area contributed by atoms with Gasteiger partial charge >= 0.3 is 0 Å². The van der Waals surface area contributed by atoms with E-state index < -0.39 is 10.0 Å². The zero-order valence-corrected chi connectivity index (χ0v) is 19.6. The van der Waals surface area contributed by atoms with E-state index in [9.17, 15) is 13.2 Å². The molecule has 1 saturated heterocycles. The van der Waals surface area contributed by atoms with Gasteiger partial charge in [-0.2, -0.15) is 4.31 Å². The minimum atomic E-state index is -3.73. The Balaban J connectivity index is 1.62. The van der Waals surface area contributed by atoms with Crippen LogP contribution in [0.2, 0.25) is 0 Å². The van der Waals surface area contributed by atoms with Gasteiger partial charge in [-0.05, 0) is 55.8 Å². The van der Waals surface area contributed by atoms with Gasteiger partial charge in [-0.15, -0.1) is 0 Å². The Hall–Kier alpha value is -2.42. The average molecular weight is 445 g/mol. The Labute approximate surface area is 185 Å². The lowest BCUT2D eigenvalue weighted by atomic mass is 10.1. The number of benzene rings is 2. The SMILES string of the molecule is Cc1ccc(S(=O)(=O)N(C)CC(=O)NCc2ccccc2N2CCN(C)CC2)cc1C. The predicted molar refractivity (Wildman–Crippen MR) is 124 cm³/mol. The van der Waals surface area contributed by atoms with Gasteiger partial charge < -0.3 is 15.1 Å². The molecule has 1 aliphatic rings. The highest BCUT2D eigenvalue weighted by Crippen LogP contribution is 2.22. The first-order valence-electron chi connectivity index (χ1n) is 10.5. The van der Waals surface area contributed by atoms with E-state index in [1.165, 1.54) is 7.05 Å². The normalized spacial score (nSPS) is 15.3. The first-order valence-corrected chi connectivity index (χ1v) is 11.9. The summed E-state index contributed by atoms with van der Waals surface area (Å²) < 4.78 is 26.8. The summed E-state index contributed by atoms with van der Waals surface area (Å²) in [6.07, 6.45) is 0. The number of carbonyl (C=O) groups is 1. The van der Waals surface area contributed by atoms with E-state index in [0.717, 1.165) is 52.9 Å². The molecule has 0 saturated carbocycles. The Kier molecular flexibility index (Phi) is 7.35. The van der Waals surface area contributed by atoms with Gasteiger partial charge in [-0.3, -0.25) is 4.79 Å². The number of nitrogens with zero attached hydrogens (tertiary/aromatic N) is 3. The van der Waals surface area contributed by atoms with Crippen LogP contribution in [0, 0.1) is 13.8 Å². The maximum absolute atomic E-state index is 12.8. The van der Waals surface area contributed by atoms with Gasteiger partial charge in [0.15, 0.2) is 0 Å². The fraction of sp³-hybridized carbons (Fsp3) is 0.435. The van der Waals surface area contributed by atoms with Crippen LogP contribution in [0.1, 0.15) is 16.7 Å². The van der Waals surface area contributed by atoms with Gasteiger partial charge in [0.05, 0.1) is 11.4 Å². The summed E-state index contributed by atoms with van der Waals surface area (Å²) in [6.45, 7) is 7.83. The van der Waals surface area contributed by atoms with Crippen LogP contribution in [0.25, 0.3) is 0 Å². The second kappa shape index (κ2) is 9.80. The first-order chi connectivity index (χ1) is 14.7. The topological polar surface area (TPSA) is 73.0 Å². The van der Waals surface area contributed by atoms with Crippen LogP contribution in [0.5, 0.6) is 0 Å². The fourth-order valence-corrected chi connectivity index (χ4v) is 4.82. The van der Waals surface area contributed by atoms with Crippen LogP contribution in [0.3, 0.4) is 0 Å². The number of carbonyl (C=O) groups excluding carboxylic acids is 1. The summed E-state index contributed by atoms with van der Waals surface area (Å²) in [4.78, 5) is 17.3. The van der Waals surface area contributed by atoms with Crippen molar-refractivity contribution in [2.45, 2.75) is 25.3 Å². The minimum Gasteiger partial charge on any atom is -0.369 e. The molecule has 168 valence electrons. The lowest BCUT2D eigenvalue weighted by Gasteiger charge is -2.35. The largest absolute Gasteiger partial charge is 0.369 e. The number of nitrogens with one attached hydrogen (secondary N) is 1. The minimum absolute atomic E-state index is 0.200. The molecule has 1 heterocycles. The molecule has 0 unspecified atom stereocenters. The van der Waals surface area contributed by atoms with E-state index in [4.69, 9.17) is 0 Å². The van der Waals surface area contributed by atoms with Crippen LogP contribution in [0.15, 0.2) is 47.4 Å². The first kappa shape index (κ1) is 23.2. The molecule has 1 aliphatic heterocycles. The number of para-hydroxylation sites is 1. The number of amides is 1. The molecule has 1 amide bonds. The van der Waals surface area contributed by atoms with Crippen molar-refractivity contribution in [3.63, 3.8) is 0 Å². The summed E-state index contributed by atoms with van der Waals surface area (Å²) in [5.74, 6) is -0.330. The second-order valence-corrected chi connectivity index (χ2v) is 10.2. The third-order valence-corrected chi connectivity index (χ3v) is 7.66. The zero-order valence-electron chi connectivity index (χ0n) is 18.8. The summed E-state index contributed by atoms with van der Waals surface area (Å²) in [5, 5.41) is 2.88. The van der Waals surface area contributed by atoms with Gasteiger partial charge in [0.2, 0.25) is 15.9 Å². The molecule has 1 N–H and O–H groups in total. The molecule has 2 aromatic rings. The number of anilines is 1. The smallest absolute Gasteiger partial charge is 0.243 e.